The molecule has 2 amide bonds. The molecule has 0 N–H and O–H groups in total. The van der Waals surface area contributed by atoms with Crippen molar-refractivity contribution in [1.82, 2.24) is 24.1 Å². The lowest BCUT2D eigenvalue weighted by molar-refractivity contribution is 0.0651. The normalized spacial score (nSPS) is 15.3. The molecule has 1 saturated heterocycles. The van der Waals surface area contributed by atoms with Crippen molar-refractivity contribution < 1.29 is 9.59 Å². The second-order valence-corrected chi connectivity index (χ2v) is 7.13. The summed E-state index contributed by atoms with van der Waals surface area (Å²) in [5, 5.41) is 0. The van der Waals surface area contributed by atoms with Crippen molar-refractivity contribution in [2.75, 3.05) is 46.3 Å². The summed E-state index contributed by atoms with van der Waals surface area (Å²) >= 11 is 0. The molecular formula is C20H29N5O2. The van der Waals surface area contributed by atoms with Gasteiger partial charge in [0.1, 0.15) is 0 Å². The van der Waals surface area contributed by atoms with Crippen LogP contribution < -0.4 is 0 Å². The summed E-state index contributed by atoms with van der Waals surface area (Å²) in [6.45, 7) is 8.56. The second kappa shape index (κ2) is 8.52. The highest BCUT2D eigenvalue weighted by Crippen LogP contribution is 2.18. The Bertz CT molecular complexity index is 802. The number of hydrogen-bond donors (Lipinski definition) is 0. The molecule has 1 aliphatic rings. The van der Waals surface area contributed by atoms with Crippen LogP contribution in [0.3, 0.4) is 0 Å². The third-order valence-corrected chi connectivity index (χ3v) is 5.01. The molecule has 1 aliphatic heterocycles. The minimum absolute atomic E-state index is 0.0974. The molecule has 0 bridgehead atoms. The van der Waals surface area contributed by atoms with E-state index in [0.717, 1.165) is 25.9 Å². The molecule has 3 rings (SSSR count). The number of aromatic nitrogens is 2. The number of pyridine rings is 1. The first-order valence-corrected chi connectivity index (χ1v) is 9.81. The van der Waals surface area contributed by atoms with Crippen LogP contribution in [0.15, 0.2) is 24.4 Å². The number of fused-ring (bicyclic) bond motifs is 1. The van der Waals surface area contributed by atoms with Gasteiger partial charge >= 0.3 is 0 Å². The van der Waals surface area contributed by atoms with Crippen LogP contribution in [0.1, 0.15) is 47.8 Å². The number of amides is 2. The first-order chi connectivity index (χ1) is 13.1. The Morgan fingerprint density at radius 2 is 1.74 bits per heavy atom. The van der Waals surface area contributed by atoms with Crippen LogP contribution in [0.4, 0.5) is 0 Å². The number of imidazole rings is 1. The second-order valence-electron chi connectivity index (χ2n) is 7.13. The molecule has 2 aromatic heterocycles. The van der Waals surface area contributed by atoms with Gasteiger partial charge in [-0.15, -0.1) is 0 Å². The van der Waals surface area contributed by atoms with Crippen LogP contribution in [0.25, 0.3) is 5.52 Å². The van der Waals surface area contributed by atoms with Crippen molar-refractivity contribution in [3.63, 3.8) is 0 Å². The maximum absolute atomic E-state index is 13.1. The lowest BCUT2D eigenvalue weighted by Crippen LogP contribution is -2.47. The van der Waals surface area contributed by atoms with E-state index in [9.17, 15) is 9.59 Å². The minimum atomic E-state index is -0.110. The van der Waals surface area contributed by atoms with E-state index in [2.05, 4.69) is 30.8 Å². The van der Waals surface area contributed by atoms with Crippen LogP contribution in [-0.4, -0.2) is 82.2 Å². The average Bonchev–Trinajstić information content (AvgIpc) is 3.07. The standard InChI is InChI=1S/C20H29N5O2/c1-4-9-23(10-5-2)19(26)17-16-8-6-7-11-25(16)18(21-17)20(27)24-14-12-22(3)13-15-24/h6-8,11H,4-5,9-10,12-15H2,1-3H3. The summed E-state index contributed by atoms with van der Waals surface area (Å²) in [6.07, 6.45) is 3.60. The van der Waals surface area contributed by atoms with E-state index >= 15 is 0 Å². The molecular weight excluding hydrogens is 342 g/mol. The average molecular weight is 371 g/mol. The minimum Gasteiger partial charge on any atom is -0.337 e. The van der Waals surface area contributed by atoms with Gasteiger partial charge in [0.25, 0.3) is 11.8 Å². The molecule has 0 aromatic carbocycles. The molecule has 7 nitrogen and oxygen atoms in total. The van der Waals surface area contributed by atoms with Crippen molar-refractivity contribution in [3.05, 3.63) is 35.9 Å². The van der Waals surface area contributed by atoms with E-state index in [1.807, 2.05) is 34.2 Å². The monoisotopic (exact) mass is 371 g/mol. The molecule has 146 valence electrons. The Morgan fingerprint density at radius 3 is 2.37 bits per heavy atom. The first kappa shape index (κ1) is 19.4. The summed E-state index contributed by atoms with van der Waals surface area (Å²) in [6, 6.07) is 5.60. The number of piperazine rings is 1. The number of hydrogen-bond acceptors (Lipinski definition) is 4. The van der Waals surface area contributed by atoms with Gasteiger partial charge in [-0.1, -0.05) is 19.9 Å². The van der Waals surface area contributed by atoms with Gasteiger partial charge in [-0.3, -0.25) is 14.0 Å². The number of rotatable bonds is 6. The van der Waals surface area contributed by atoms with Crippen LogP contribution in [0, 0.1) is 0 Å². The predicted octanol–water partition coefficient (Wildman–Crippen LogP) is 1.98. The number of carbonyl (C=O) groups excluding carboxylic acids is 2. The Kier molecular flexibility index (Phi) is 6.11. The molecule has 27 heavy (non-hydrogen) atoms. The van der Waals surface area contributed by atoms with E-state index in [1.54, 1.807) is 4.40 Å². The summed E-state index contributed by atoms with van der Waals surface area (Å²) in [7, 11) is 2.06. The van der Waals surface area contributed by atoms with Gasteiger partial charge in [0, 0.05) is 45.5 Å². The van der Waals surface area contributed by atoms with Gasteiger partial charge in [0.2, 0.25) is 5.82 Å². The summed E-state index contributed by atoms with van der Waals surface area (Å²) < 4.78 is 1.75. The zero-order valence-electron chi connectivity index (χ0n) is 16.5. The molecule has 0 saturated carbocycles. The molecule has 0 radical (unpaired) electrons. The zero-order chi connectivity index (χ0) is 19.4. The Balaban J connectivity index is 1.96. The summed E-state index contributed by atoms with van der Waals surface area (Å²) in [5.41, 5.74) is 1.06. The van der Waals surface area contributed by atoms with E-state index in [4.69, 9.17) is 0 Å². The van der Waals surface area contributed by atoms with Crippen molar-refractivity contribution in [3.8, 4) is 0 Å². The van der Waals surface area contributed by atoms with Gasteiger partial charge in [-0.05, 0) is 32.0 Å². The quantitative estimate of drug-likeness (QED) is 0.779. The maximum Gasteiger partial charge on any atom is 0.290 e. The number of nitrogens with zero attached hydrogens (tertiary/aromatic N) is 5. The first-order valence-electron chi connectivity index (χ1n) is 9.81. The van der Waals surface area contributed by atoms with Gasteiger partial charge in [0.15, 0.2) is 5.69 Å². The smallest absolute Gasteiger partial charge is 0.290 e. The number of carbonyl (C=O) groups is 2. The van der Waals surface area contributed by atoms with Crippen LogP contribution >= 0.6 is 0 Å². The Hall–Kier alpha value is -2.41. The number of likely N-dealkylation sites (N-methyl/N-ethyl adjacent to an activating group) is 1. The van der Waals surface area contributed by atoms with Crippen LogP contribution in [0.5, 0.6) is 0 Å². The van der Waals surface area contributed by atoms with E-state index in [0.29, 0.717) is 43.2 Å². The highest BCUT2D eigenvalue weighted by Gasteiger charge is 2.28. The molecule has 0 spiro atoms. The topological polar surface area (TPSA) is 61.2 Å². The van der Waals surface area contributed by atoms with E-state index in [-0.39, 0.29) is 11.8 Å². The SMILES string of the molecule is CCCN(CCC)C(=O)c1nc(C(=O)N2CCN(C)CC2)n2ccccc12. The molecule has 0 atom stereocenters. The lowest BCUT2D eigenvalue weighted by atomic mass is 10.2. The van der Waals surface area contributed by atoms with Crippen LogP contribution in [-0.2, 0) is 0 Å². The largest absolute Gasteiger partial charge is 0.337 e. The van der Waals surface area contributed by atoms with Crippen LogP contribution in [0.2, 0.25) is 0 Å². The zero-order valence-corrected chi connectivity index (χ0v) is 16.5. The van der Waals surface area contributed by atoms with E-state index in [1.165, 1.54) is 0 Å². The summed E-state index contributed by atoms with van der Waals surface area (Å²) in [5.74, 6) is 0.118. The molecule has 7 heteroatoms. The lowest BCUT2D eigenvalue weighted by Gasteiger charge is -2.31. The fourth-order valence-corrected chi connectivity index (χ4v) is 3.50. The molecule has 2 aromatic rings. The van der Waals surface area contributed by atoms with E-state index < -0.39 is 0 Å². The van der Waals surface area contributed by atoms with Crippen molar-refractivity contribution >= 4 is 17.3 Å². The molecule has 3 heterocycles. The van der Waals surface area contributed by atoms with Gasteiger partial charge in [-0.25, -0.2) is 4.98 Å². The molecule has 1 fully saturated rings. The Morgan fingerprint density at radius 1 is 1.07 bits per heavy atom. The predicted molar refractivity (Wildman–Crippen MR) is 105 cm³/mol. The highest BCUT2D eigenvalue weighted by atomic mass is 16.2. The third kappa shape index (κ3) is 3.98. The highest BCUT2D eigenvalue weighted by molar-refractivity contribution is 6.02. The maximum atomic E-state index is 13.1. The van der Waals surface area contributed by atoms with Gasteiger partial charge in [-0.2, -0.15) is 0 Å². The van der Waals surface area contributed by atoms with Crippen molar-refractivity contribution in [2.45, 2.75) is 26.7 Å². The van der Waals surface area contributed by atoms with Gasteiger partial charge in [0.05, 0.1) is 5.52 Å². The van der Waals surface area contributed by atoms with Crippen molar-refractivity contribution in [2.24, 2.45) is 0 Å². The summed E-state index contributed by atoms with van der Waals surface area (Å²) in [4.78, 5) is 36.6. The fraction of sp³-hybridized carbons (Fsp3) is 0.550. The molecule has 0 unspecified atom stereocenters. The fourth-order valence-electron chi connectivity index (χ4n) is 3.50. The Labute approximate surface area is 160 Å². The third-order valence-electron chi connectivity index (χ3n) is 5.01. The van der Waals surface area contributed by atoms with Gasteiger partial charge < -0.3 is 14.7 Å². The van der Waals surface area contributed by atoms with Crippen molar-refractivity contribution in [1.29, 1.82) is 0 Å². The molecule has 0 aliphatic carbocycles.